The molecular formula is C16H27ClN2O2. The minimum absolute atomic E-state index is 0.595. The molecule has 0 bridgehead atoms. The molecule has 0 heterocycles. The van der Waals surface area contributed by atoms with E-state index in [0.717, 1.165) is 43.8 Å². The van der Waals surface area contributed by atoms with Gasteiger partial charge in [0.1, 0.15) is 0 Å². The first-order valence-corrected chi connectivity index (χ1v) is 8.04. The van der Waals surface area contributed by atoms with Crippen molar-refractivity contribution in [2.75, 3.05) is 33.4 Å². The highest BCUT2D eigenvalue weighted by molar-refractivity contribution is 6.32. The summed E-state index contributed by atoms with van der Waals surface area (Å²) in [7, 11) is 1.96. The third-order valence-electron chi connectivity index (χ3n) is 2.93. The molecule has 0 aliphatic carbocycles. The van der Waals surface area contributed by atoms with Gasteiger partial charge in [-0.1, -0.05) is 18.5 Å². The summed E-state index contributed by atoms with van der Waals surface area (Å²) in [5, 5.41) is 7.14. The fourth-order valence-electron chi connectivity index (χ4n) is 1.95. The molecule has 0 radical (unpaired) electrons. The van der Waals surface area contributed by atoms with Gasteiger partial charge >= 0.3 is 0 Å². The molecule has 4 nitrogen and oxygen atoms in total. The largest absolute Gasteiger partial charge is 0.490 e. The van der Waals surface area contributed by atoms with Gasteiger partial charge in [0.15, 0.2) is 11.5 Å². The molecule has 1 aromatic rings. The summed E-state index contributed by atoms with van der Waals surface area (Å²) < 4.78 is 11.3. The minimum Gasteiger partial charge on any atom is -0.490 e. The highest BCUT2D eigenvalue weighted by atomic mass is 35.5. The molecule has 1 rings (SSSR count). The minimum atomic E-state index is 0.595. The molecule has 5 heteroatoms. The number of halogens is 1. The Morgan fingerprint density at radius 1 is 1.14 bits per heavy atom. The van der Waals surface area contributed by atoms with Crippen LogP contribution in [0.15, 0.2) is 12.1 Å². The Morgan fingerprint density at radius 3 is 2.62 bits per heavy atom. The van der Waals surface area contributed by atoms with E-state index in [1.807, 2.05) is 26.1 Å². The molecule has 120 valence electrons. The fraction of sp³-hybridized carbons (Fsp3) is 0.625. The van der Waals surface area contributed by atoms with E-state index in [1.165, 1.54) is 0 Å². The first-order chi connectivity index (χ1) is 10.2. The first kappa shape index (κ1) is 18.1. The lowest BCUT2D eigenvalue weighted by molar-refractivity contribution is 0.277. The maximum absolute atomic E-state index is 6.33. The molecule has 0 unspecified atom stereocenters. The SMILES string of the molecule is CCCOc1c(Cl)cc(CNCCCNC)cc1OCC. The van der Waals surface area contributed by atoms with Gasteiger partial charge in [0.2, 0.25) is 0 Å². The van der Waals surface area contributed by atoms with Crippen LogP contribution in [0, 0.1) is 0 Å². The lowest BCUT2D eigenvalue weighted by Gasteiger charge is -2.15. The van der Waals surface area contributed by atoms with Crippen LogP contribution in [0.4, 0.5) is 0 Å². The molecule has 0 saturated carbocycles. The normalized spacial score (nSPS) is 10.7. The van der Waals surface area contributed by atoms with Gasteiger partial charge in [-0.3, -0.25) is 0 Å². The molecule has 0 amide bonds. The Bertz CT molecular complexity index is 414. The summed E-state index contributed by atoms with van der Waals surface area (Å²) in [6.07, 6.45) is 2.04. The Hall–Kier alpha value is -0.970. The molecular weight excluding hydrogens is 288 g/mol. The van der Waals surface area contributed by atoms with Gasteiger partial charge in [-0.05, 0) is 57.6 Å². The van der Waals surface area contributed by atoms with E-state index >= 15 is 0 Å². The van der Waals surface area contributed by atoms with Gasteiger partial charge in [0, 0.05) is 6.54 Å². The zero-order chi connectivity index (χ0) is 15.5. The van der Waals surface area contributed by atoms with Gasteiger partial charge in [0.05, 0.1) is 18.2 Å². The van der Waals surface area contributed by atoms with Crippen molar-refractivity contribution in [3.8, 4) is 11.5 Å². The van der Waals surface area contributed by atoms with Crippen molar-refractivity contribution in [1.82, 2.24) is 10.6 Å². The van der Waals surface area contributed by atoms with E-state index in [0.29, 0.717) is 24.0 Å². The zero-order valence-corrected chi connectivity index (χ0v) is 14.1. The van der Waals surface area contributed by atoms with E-state index in [2.05, 4.69) is 17.6 Å². The van der Waals surface area contributed by atoms with Crippen molar-refractivity contribution >= 4 is 11.6 Å². The van der Waals surface area contributed by atoms with Crippen LogP contribution in [0.25, 0.3) is 0 Å². The molecule has 0 aliphatic rings. The molecule has 1 aromatic carbocycles. The fourth-order valence-corrected chi connectivity index (χ4v) is 2.24. The van der Waals surface area contributed by atoms with Gasteiger partial charge in [-0.25, -0.2) is 0 Å². The average molecular weight is 315 g/mol. The summed E-state index contributed by atoms with van der Waals surface area (Å²) in [5.41, 5.74) is 1.11. The van der Waals surface area contributed by atoms with Crippen LogP contribution in [0.2, 0.25) is 5.02 Å². The van der Waals surface area contributed by atoms with Gasteiger partial charge in [-0.15, -0.1) is 0 Å². The van der Waals surface area contributed by atoms with Gasteiger partial charge < -0.3 is 20.1 Å². The summed E-state index contributed by atoms with van der Waals surface area (Å²) in [5.74, 6) is 1.38. The Kier molecular flexibility index (Phi) is 9.22. The smallest absolute Gasteiger partial charge is 0.179 e. The van der Waals surface area contributed by atoms with E-state index < -0.39 is 0 Å². The predicted octanol–water partition coefficient (Wildman–Crippen LogP) is 3.23. The lowest BCUT2D eigenvalue weighted by atomic mass is 10.2. The van der Waals surface area contributed by atoms with Gasteiger partial charge in [-0.2, -0.15) is 0 Å². The summed E-state index contributed by atoms with van der Waals surface area (Å²) in [6, 6.07) is 3.95. The van der Waals surface area contributed by atoms with Crippen LogP contribution in [0.1, 0.15) is 32.3 Å². The standard InChI is InChI=1S/C16H27ClN2O2/c1-4-9-21-16-14(17)10-13(11-15(16)20-5-2)12-19-8-6-7-18-3/h10-11,18-19H,4-9,12H2,1-3H3. The number of hydrogen-bond acceptors (Lipinski definition) is 4. The van der Waals surface area contributed by atoms with E-state index in [1.54, 1.807) is 0 Å². The Morgan fingerprint density at radius 2 is 1.95 bits per heavy atom. The number of hydrogen-bond donors (Lipinski definition) is 2. The second kappa shape index (κ2) is 10.7. The molecule has 0 spiro atoms. The molecule has 0 aliphatic heterocycles. The van der Waals surface area contributed by atoms with Crippen LogP contribution in [0.5, 0.6) is 11.5 Å². The highest BCUT2D eigenvalue weighted by Gasteiger charge is 2.12. The van der Waals surface area contributed by atoms with Crippen molar-refractivity contribution in [1.29, 1.82) is 0 Å². The van der Waals surface area contributed by atoms with E-state index in [4.69, 9.17) is 21.1 Å². The molecule has 2 N–H and O–H groups in total. The van der Waals surface area contributed by atoms with Crippen molar-refractivity contribution in [2.45, 2.75) is 33.2 Å². The number of ether oxygens (including phenoxy) is 2. The van der Waals surface area contributed by atoms with Gasteiger partial charge in [0.25, 0.3) is 0 Å². The molecule has 21 heavy (non-hydrogen) atoms. The van der Waals surface area contributed by atoms with E-state index in [9.17, 15) is 0 Å². The molecule has 0 saturated heterocycles. The van der Waals surface area contributed by atoms with Crippen molar-refractivity contribution in [3.05, 3.63) is 22.7 Å². The summed E-state index contributed by atoms with van der Waals surface area (Å²) >= 11 is 6.33. The summed E-state index contributed by atoms with van der Waals surface area (Å²) in [6.45, 7) is 8.02. The number of benzene rings is 1. The average Bonchev–Trinajstić information content (AvgIpc) is 2.46. The second-order valence-electron chi connectivity index (χ2n) is 4.82. The van der Waals surface area contributed by atoms with Crippen LogP contribution in [-0.4, -0.2) is 33.4 Å². The molecule has 0 atom stereocenters. The quantitative estimate of drug-likeness (QED) is 0.615. The highest BCUT2D eigenvalue weighted by Crippen LogP contribution is 2.36. The van der Waals surface area contributed by atoms with Crippen LogP contribution < -0.4 is 20.1 Å². The predicted molar refractivity (Wildman–Crippen MR) is 88.7 cm³/mol. The van der Waals surface area contributed by atoms with Crippen LogP contribution in [-0.2, 0) is 6.54 Å². The van der Waals surface area contributed by atoms with Crippen LogP contribution >= 0.6 is 11.6 Å². The third-order valence-corrected chi connectivity index (χ3v) is 3.21. The number of nitrogens with one attached hydrogen (secondary N) is 2. The summed E-state index contributed by atoms with van der Waals surface area (Å²) in [4.78, 5) is 0. The maximum Gasteiger partial charge on any atom is 0.179 e. The van der Waals surface area contributed by atoms with Crippen molar-refractivity contribution in [3.63, 3.8) is 0 Å². The Labute approximate surface area is 133 Å². The van der Waals surface area contributed by atoms with E-state index in [-0.39, 0.29) is 0 Å². The molecule has 0 fully saturated rings. The second-order valence-corrected chi connectivity index (χ2v) is 5.23. The van der Waals surface area contributed by atoms with Crippen LogP contribution in [0.3, 0.4) is 0 Å². The maximum atomic E-state index is 6.33. The Balaban J connectivity index is 2.68. The zero-order valence-electron chi connectivity index (χ0n) is 13.3. The number of rotatable bonds is 11. The first-order valence-electron chi connectivity index (χ1n) is 7.66. The lowest BCUT2D eigenvalue weighted by Crippen LogP contribution is -2.19. The van der Waals surface area contributed by atoms with Crippen molar-refractivity contribution < 1.29 is 9.47 Å². The van der Waals surface area contributed by atoms with Crippen molar-refractivity contribution in [2.24, 2.45) is 0 Å². The monoisotopic (exact) mass is 314 g/mol. The third kappa shape index (κ3) is 6.55. The molecule has 0 aromatic heterocycles. The topological polar surface area (TPSA) is 42.5 Å².